The molecule has 0 aromatic heterocycles. The van der Waals surface area contributed by atoms with Crippen molar-refractivity contribution in [2.45, 2.75) is 44.6 Å². The van der Waals surface area contributed by atoms with Gasteiger partial charge in [0.05, 0.1) is 5.60 Å². The monoisotopic (exact) mass is 158 g/mol. The molecular weight excluding hydrogens is 140 g/mol. The van der Waals surface area contributed by atoms with E-state index in [1.807, 2.05) is 0 Å². The summed E-state index contributed by atoms with van der Waals surface area (Å²) < 4.78 is 5.18. The summed E-state index contributed by atoms with van der Waals surface area (Å²) in [5.74, 6) is 0. The zero-order valence-electron chi connectivity index (χ0n) is 7.31. The van der Waals surface area contributed by atoms with Crippen LogP contribution in [0.2, 0.25) is 0 Å². The third-order valence-electron chi connectivity index (χ3n) is 2.42. The van der Waals surface area contributed by atoms with Gasteiger partial charge in [-0.15, -0.1) is 0 Å². The fourth-order valence-corrected chi connectivity index (χ4v) is 1.51. The summed E-state index contributed by atoms with van der Waals surface area (Å²) in [6.07, 6.45) is 4.91. The van der Waals surface area contributed by atoms with Crippen LogP contribution in [0.15, 0.2) is 0 Å². The Balaban J connectivity index is 2.25. The Morgan fingerprint density at radius 3 is 2.55 bits per heavy atom. The molecule has 1 saturated heterocycles. The number of unbranched alkanes of at least 4 members (excludes halogenated alkanes) is 1. The first-order valence-electron chi connectivity index (χ1n) is 4.57. The van der Waals surface area contributed by atoms with Crippen LogP contribution in [0.5, 0.6) is 0 Å². The first-order chi connectivity index (χ1) is 5.27. The van der Waals surface area contributed by atoms with Crippen LogP contribution in [0.4, 0.5) is 0 Å². The third-order valence-corrected chi connectivity index (χ3v) is 2.42. The highest BCUT2D eigenvalue weighted by molar-refractivity contribution is 4.80. The summed E-state index contributed by atoms with van der Waals surface area (Å²) in [6.45, 7) is 3.63. The van der Waals surface area contributed by atoms with E-state index >= 15 is 0 Å². The average molecular weight is 158 g/mol. The maximum atomic E-state index is 9.92. The Morgan fingerprint density at radius 2 is 2.00 bits per heavy atom. The number of hydrogen-bond donors (Lipinski definition) is 1. The van der Waals surface area contributed by atoms with Crippen LogP contribution in [-0.2, 0) is 4.74 Å². The van der Waals surface area contributed by atoms with Gasteiger partial charge in [-0.25, -0.2) is 0 Å². The molecule has 66 valence electrons. The molecule has 0 radical (unpaired) electrons. The standard InChI is InChI=1S/C9H18O2/c1-2-3-4-9(10)5-7-11-8-6-9/h10H,2-8H2,1H3. The van der Waals surface area contributed by atoms with Crippen molar-refractivity contribution in [1.82, 2.24) is 0 Å². The van der Waals surface area contributed by atoms with Crippen molar-refractivity contribution in [2.24, 2.45) is 0 Å². The third kappa shape index (κ3) is 2.80. The molecular formula is C9H18O2. The molecule has 1 heterocycles. The minimum absolute atomic E-state index is 0.395. The molecule has 1 rings (SSSR count). The molecule has 0 aromatic carbocycles. The van der Waals surface area contributed by atoms with E-state index in [4.69, 9.17) is 4.74 Å². The molecule has 1 N–H and O–H groups in total. The van der Waals surface area contributed by atoms with Gasteiger partial charge < -0.3 is 9.84 Å². The molecule has 11 heavy (non-hydrogen) atoms. The molecule has 2 nitrogen and oxygen atoms in total. The maximum absolute atomic E-state index is 9.92. The van der Waals surface area contributed by atoms with Crippen molar-refractivity contribution < 1.29 is 9.84 Å². The lowest BCUT2D eigenvalue weighted by atomic mass is 9.89. The van der Waals surface area contributed by atoms with Gasteiger partial charge in [0, 0.05) is 13.2 Å². The van der Waals surface area contributed by atoms with Gasteiger partial charge >= 0.3 is 0 Å². The maximum Gasteiger partial charge on any atom is 0.0691 e. The summed E-state index contributed by atoms with van der Waals surface area (Å²) in [6, 6.07) is 0. The van der Waals surface area contributed by atoms with Crippen molar-refractivity contribution in [3.05, 3.63) is 0 Å². The van der Waals surface area contributed by atoms with Crippen molar-refractivity contribution >= 4 is 0 Å². The molecule has 1 aliphatic rings. The van der Waals surface area contributed by atoms with Gasteiger partial charge in [0.1, 0.15) is 0 Å². The minimum atomic E-state index is -0.395. The van der Waals surface area contributed by atoms with Crippen LogP contribution >= 0.6 is 0 Å². The minimum Gasteiger partial charge on any atom is -0.390 e. The van der Waals surface area contributed by atoms with Crippen LogP contribution in [0.1, 0.15) is 39.0 Å². The Bertz CT molecular complexity index is 106. The van der Waals surface area contributed by atoms with Crippen molar-refractivity contribution in [3.8, 4) is 0 Å². The lowest BCUT2D eigenvalue weighted by molar-refractivity contribution is -0.0688. The smallest absolute Gasteiger partial charge is 0.0691 e. The Morgan fingerprint density at radius 1 is 1.36 bits per heavy atom. The first kappa shape index (κ1) is 9.01. The van der Waals surface area contributed by atoms with Gasteiger partial charge in [0.2, 0.25) is 0 Å². The molecule has 0 spiro atoms. The van der Waals surface area contributed by atoms with Gasteiger partial charge in [-0.2, -0.15) is 0 Å². The van der Waals surface area contributed by atoms with Crippen LogP contribution in [0.3, 0.4) is 0 Å². The van der Waals surface area contributed by atoms with E-state index in [0.29, 0.717) is 0 Å². The van der Waals surface area contributed by atoms with E-state index in [-0.39, 0.29) is 0 Å². The van der Waals surface area contributed by atoms with Crippen molar-refractivity contribution in [3.63, 3.8) is 0 Å². The molecule has 0 amide bonds. The summed E-state index contributed by atoms with van der Waals surface area (Å²) >= 11 is 0. The normalized spacial score (nSPS) is 23.5. The highest BCUT2D eigenvalue weighted by atomic mass is 16.5. The SMILES string of the molecule is CCCCC1(O)CCOCC1. The molecule has 0 aliphatic carbocycles. The van der Waals surface area contributed by atoms with Gasteiger partial charge in [-0.3, -0.25) is 0 Å². The number of hydrogen-bond acceptors (Lipinski definition) is 2. The van der Waals surface area contributed by atoms with E-state index in [1.165, 1.54) is 6.42 Å². The lowest BCUT2D eigenvalue weighted by Crippen LogP contribution is -2.35. The summed E-state index contributed by atoms with van der Waals surface area (Å²) in [4.78, 5) is 0. The van der Waals surface area contributed by atoms with E-state index in [2.05, 4.69) is 6.92 Å². The van der Waals surface area contributed by atoms with Crippen LogP contribution in [-0.4, -0.2) is 23.9 Å². The Labute approximate surface area is 68.6 Å². The van der Waals surface area contributed by atoms with Crippen molar-refractivity contribution in [2.75, 3.05) is 13.2 Å². The second kappa shape index (κ2) is 4.07. The predicted molar refractivity (Wildman–Crippen MR) is 44.5 cm³/mol. The topological polar surface area (TPSA) is 29.5 Å². The molecule has 1 aliphatic heterocycles. The molecule has 0 aromatic rings. The number of rotatable bonds is 3. The summed E-state index contributed by atoms with van der Waals surface area (Å²) in [5, 5.41) is 9.92. The highest BCUT2D eigenvalue weighted by Gasteiger charge is 2.28. The molecule has 0 bridgehead atoms. The summed E-state index contributed by atoms with van der Waals surface area (Å²) in [7, 11) is 0. The van der Waals surface area contributed by atoms with Gasteiger partial charge in [0.25, 0.3) is 0 Å². The van der Waals surface area contributed by atoms with E-state index in [0.717, 1.165) is 38.9 Å². The zero-order valence-corrected chi connectivity index (χ0v) is 7.31. The summed E-state index contributed by atoms with van der Waals surface area (Å²) in [5.41, 5.74) is -0.395. The first-order valence-corrected chi connectivity index (χ1v) is 4.57. The Kier molecular flexibility index (Phi) is 3.34. The number of aliphatic hydroxyl groups is 1. The predicted octanol–water partition coefficient (Wildman–Crippen LogP) is 1.72. The fraction of sp³-hybridized carbons (Fsp3) is 1.00. The largest absolute Gasteiger partial charge is 0.390 e. The average Bonchev–Trinajstić information content (AvgIpc) is 2.03. The molecule has 0 saturated carbocycles. The highest BCUT2D eigenvalue weighted by Crippen LogP contribution is 2.25. The molecule has 2 heteroatoms. The Hall–Kier alpha value is -0.0800. The van der Waals surface area contributed by atoms with Gasteiger partial charge in [0.15, 0.2) is 0 Å². The second-order valence-corrected chi connectivity index (χ2v) is 3.44. The molecule has 0 atom stereocenters. The molecule has 0 unspecified atom stereocenters. The fourth-order valence-electron chi connectivity index (χ4n) is 1.51. The second-order valence-electron chi connectivity index (χ2n) is 3.44. The van der Waals surface area contributed by atoms with Crippen LogP contribution < -0.4 is 0 Å². The van der Waals surface area contributed by atoms with Crippen LogP contribution in [0, 0.1) is 0 Å². The van der Waals surface area contributed by atoms with Crippen molar-refractivity contribution in [1.29, 1.82) is 0 Å². The van der Waals surface area contributed by atoms with E-state index in [1.54, 1.807) is 0 Å². The zero-order chi connectivity index (χ0) is 8.16. The van der Waals surface area contributed by atoms with E-state index < -0.39 is 5.60 Å². The van der Waals surface area contributed by atoms with Gasteiger partial charge in [-0.1, -0.05) is 19.8 Å². The van der Waals surface area contributed by atoms with Gasteiger partial charge in [-0.05, 0) is 19.3 Å². The van der Waals surface area contributed by atoms with E-state index in [9.17, 15) is 5.11 Å². The number of ether oxygens (including phenoxy) is 1. The molecule has 1 fully saturated rings. The lowest BCUT2D eigenvalue weighted by Gasteiger charge is -2.31. The van der Waals surface area contributed by atoms with Crippen LogP contribution in [0.25, 0.3) is 0 Å². The quantitative estimate of drug-likeness (QED) is 0.677.